The van der Waals surface area contributed by atoms with Crippen LogP contribution in [0.4, 0.5) is 8.78 Å². The van der Waals surface area contributed by atoms with Gasteiger partial charge in [-0.25, -0.2) is 8.78 Å². The number of hydrogen-bond donors (Lipinski definition) is 0. The summed E-state index contributed by atoms with van der Waals surface area (Å²) in [6, 6.07) is 2.77. The summed E-state index contributed by atoms with van der Waals surface area (Å²) in [6.45, 7) is 1.74. The van der Waals surface area contributed by atoms with Gasteiger partial charge < -0.3 is 0 Å². The molecule has 1 aromatic rings. The molecule has 0 aliphatic rings. The molecule has 1 rings (SSSR count). The Morgan fingerprint density at radius 1 is 1.47 bits per heavy atom. The van der Waals surface area contributed by atoms with Gasteiger partial charge in [-0.2, -0.15) is 0 Å². The lowest BCUT2D eigenvalue weighted by Crippen LogP contribution is -2.08. The number of halogens is 2. The summed E-state index contributed by atoms with van der Waals surface area (Å²) in [5, 5.41) is -0.281. The molecule has 0 bridgehead atoms. The molecule has 0 aliphatic carbocycles. The van der Waals surface area contributed by atoms with Crippen molar-refractivity contribution in [2.24, 2.45) is 0 Å². The molecule has 0 aromatic carbocycles. The standard InChI is InChI=1S/C10H13F2NOS/c1-7(15(2,3)14)8-4-5-9(10(11)12)13-6-8/h4-7,10H,2H2,1,3H3. The highest BCUT2D eigenvalue weighted by Crippen LogP contribution is 2.22. The minimum Gasteiger partial charge on any atom is -0.268 e. The quantitative estimate of drug-likeness (QED) is 0.750. The smallest absolute Gasteiger partial charge is 0.268 e. The van der Waals surface area contributed by atoms with Crippen LogP contribution in [0.3, 0.4) is 0 Å². The maximum absolute atomic E-state index is 12.2. The molecule has 15 heavy (non-hydrogen) atoms. The van der Waals surface area contributed by atoms with E-state index in [-0.39, 0.29) is 10.9 Å². The lowest BCUT2D eigenvalue weighted by atomic mass is 10.2. The number of alkyl halides is 2. The average molecular weight is 233 g/mol. The molecule has 2 nitrogen and oxygen atoms in total. The Hall–Kier alpha value is -0.970. The Morgan fingerprint density at radius 3 is 2.40 bits per heavy atom. The highest BCUT2D eigenvalue weighted by atomic mass is 32.2. The van der Waals surface area contributed by atoms with Gasteiger partial charge in [0, 0.05) is 12.5 Å². The monoisotopic (exact) mass is 233 g/mol. The van der Waals surface area contributed by atoms with Crippen molar-refractivity contribution in [2.75, 3.05) is 6.26 Å². The second-order valence-corrected chi connectivity index (χ2v) is 6.38. The highest BCUT2D eigenvalue weighted by molar-refractivity contribution is 7.99. The van der Waals surface area contributed by atoms with Crippen LogP contribution in [0, 0.1) is 0 Å². The van der Waals surface area contributed by atoms with E-state index in [1.54, 1.807) is 13.2 Å². The third-order valence-electron chi connectivity index (χ3n) is 2.25. The maximum Gasteiger partial charge on any atom is 0.280 e. The Morgan fingerprint density at radius 2 is 2.07 bits per heavy atom. The predicted molar refractivity (Wildman–Crippen MR) is 58.8 cm³/mol. The molecular formula is C10H13F2NOS. The van der Waals surface area contributed by atoms with Gasteiger partial charge in [0.25, 0.3) is 6.43 Å². The molecule has 0 saturated heterocycles. The first kappa shape index (κ1) is 12.1. The van der Waals surface area contributed by atoms with Crippen LogP contribution < -0.4 is 0 Å². The largest absolute Gasteiger partial charge is 0.280 e. The van der Waals surface area contributed by atoms with Gasteiger partial charge in [-0.15, -0.1) is 0 Å². The molecule has 2 unspecified atom stereocenters. The van der Waals surface area contributed by atoms with E-state index in [0.717, 1.165) is 0 Å². The van der Waals surface area contributed by atoms with Crippen LogP contribution >= 0.6 is 0 Å². The van der Waals surface area contributed by atoms with Crippen molar-refractivity contribution in [1.82, 2.24) is 4.98 Å². The van der Waals surface area contributed by atoms with Gasteiger partial charge in [0.05, 0.1) is 5.25 Å². The van der Waals surface area contributed by atoms with Gasteiger partial charge in [-0.3, -0.25) is 9.19 Å². The third kappa shape index (κ3) is 2.99. The zero-order chi connectivity index (χ0) is 11.6. The van der Waals surface area contributed by atoms with Crippen LogP contribution in [0.5, 0.6) is 0 Å². The first-order valence-corrected chi connectivity index (χ1v) is 6.57. The van der Waals surface area contributed by atoms with Crippen molar-refractivity contribution < 1.29 is 13.0 Å². The Labute approximate surface area is 88.4 Å². The van der Waals surface area contributed by atoms with E-state index < -0.39 is 15.9 Å². The van der Waals surface area contributed by atoms with Crippen molar-refractivity contribution in [3.63, 3.8) is 0 Å². The molecule has 5 heteroatoms. The van der Waals surface area contributed by atoms with Gasteiger partial charge in [-0.1, -0.05) is 6.07 Å². The molecule has 0 saturated carbocycles. The topological polar surface area (TPSA) is 30.0 Å². The molecule has 0 aliphatic heterocycles. The second kappa shape index (κ2) is 4.26. The van der Waals surface area contributed by atoms with E-state index in [1.807, 2.05) is 0 Å². The number of pyridine rings is 1. The lowest BCUT2D eigenvalue weighted by molar-refractivity contribution is 0.146. The maximum atomic E-state index is 12.2. The van der Waals surface area contributed by atoms with Crippen molar-refractivity contribution in [1.29, 1.82) is 0 Å². The lowest BCUT2D eigenvalue weighted by Gasteiger charge is -2.13. The summed E-state index contributed by atoms with van der Waals surface area (Å²) in [5.74, 6) is 3.56. The van der Waals surface area contributed by atoms with E-state index in [1.165, 1.54) is 18.3 Å². The zero-order valence-electron chi connectivity index (χ0n) is 8.61. The van der Waals surface area contributed by atoms with Crippen molar-refractivity contribution in [2.45, 2.75) is 18.6 Å². The van der Waals surface area contributed by atoms with Gasteiger partial charge in [0.1, 0.15) is 5.69 Å². The van der Waals surface area contributed by atoms with Crippen LogP contribution in [-0.2, 0) is 9.52 Å². The van der Waals surface area contributed by atoms with Crippen LogP contribution in [0.2, 0.25) is 0 Å². The van der Waals surface area contributed by atoms with E-state index in [2.05, 4.69) is 10.9 Å². The fraction of sp³-hybridized carbons (Fsp3) is 0.400. The van der Waals surface area contributed by atoms with Crippen molar-refractivity contribution in [3.8, 4) is 0 Å². The third-order valence-corrected chi connectivity index (χ3v) is 4.02. The van der Waals surface area contributed by atoms with Crippen LogP contribution in [0.25, 0.3) is 0 Å². The summed E-state index contributed by atoms with van der Waals surface area (Å²) in [7, 11) is -2.22. The molecule has 0 N–H and O–H groups in total. The van der Waals surface area contributed by atoms with Gasteiger partial charge in [0.15, 0.2) is 0 Å². The van der Waals surface area contributed by atoms with E-state index in [4.69, 9.17) is 0 Å². The second-order valence-electron chi connectivity index (χ2n) is 3.53. The number of hydrogen-bond acceptors (Lipinski definition) is 2. The number of nitrogens with zero attached hydrogens (tertiary/aromatic N) is 1. The summed E-state index contributed by atoms with van der Waals surface area (Å²) < 4.78 is 36.0. The van der Waals surface area contributed by atoms with E-state index in [0.29, 0.717) is 5.56 Å². The van der Waals surface area contributed by atoms with Gasteiger partial charge in [0.2, 0.25) is 0 Å². The first-order valence-electron chi connectivity index (χ1n) is 4.37. The number of aromatic nitrogens is 1. The fourth-order valence-electron chi connectivity index (χ4n) is 1.07. The molecule has 1 heterocycles. The van der Waals surface area contributed by atoms with Crippen molar-refractivity contribution in [3.05, 3.63) is 29.6 Å². The zero-order valence-corrected chi connectivity index (χ0v) is 9.43. The van der Waals surface area contributed by atoms with Crippen LogP contribution in [-0.4, -0.2) is 21.3 Å². The summed E-state index contributed by atoms with van der Waals surface area (Å²) in [5.41, 5.74) is 0.402. The molecule has 0 spiro atoms. The molecule has 0 amide bonds. The van der Waals surface area contributed by atoms with Crippen molar-refractivity contribution >= 4 is 15.4 Å². The molecule has 1 aromatic heterocycles. The Bertz CT molecular complexity index is 425. The molecule has 0 radical (unpaired) electrons. The van der Waals surface area contributed by atoms with Gasteiger partial charge >= 0.3 is 0 Å². The minimum absolute atomic E-state index is 0.266. The highest BCUT2D eigenvalue weighted by Gasteiger charge is 2.14. The Kier molecular flexibility index (Phi) is 3.44. The molecule has 2 atom stereocenters. The average Bonchev–Trinajstić information content (AvgIpc) is 2.15. The minimum atomic E-state index is -2.57. The first-order chi connectivity index (χ1) is 6.82. The summed E-state index contributed by atoms with van der Waals surface area (Å²) in [4.78, 5) is 3.61. The fourth-order valence-corrected chi connectivity index (χ4v) is 1.79. The molecule has 0 fully saturated rings. The van der Waals surface area contributed by atoms with Gasteiger partial charge in [-0.05, 0) is 33.9 Å². The molecular weight excluding hydrogens is 220 g/mol. The van der Waals surface area contributed by atoms with Crippen LogP contribution in [0.15, 0.2) is 18.3 Å². The number of rotatable bonds is 3. The van der Waals surface area contributed by atoms with E-state index in [9.17, 15) is 13.0 Å². The predicted octanol–water partition coefficient (Wildman–Crippen LogP) is 2.43. The Balaban J connectivity index is 3.00. The molecule has 84 valence electrons. The SMILES string of the molecule is C=S(C)(=O)C(C)c1ccc(C(F)F)nc1. The normalized spacial score (nSPS) is 17.4. The summed E-state index contributed by atoms with van der Waals surface area (Å²) >= 11 is 0. The van der Waals surface area contributed by atoms with E-state index >= 15 is 0 Å². The summed E-state index contributed by atoms with van der Waals surface area (Å²) in [6.07, 6.45) is 0.305. The van der Waals surface area contributed by atoms with Crippen LogP contribution in [0.1, 0.15) is 29.9 Å².